The van der Waals surface area contributed by atoms with Crippen molar-refractivity contribution in [3.05, 3.63) is 40.9 Å². The van der Waals surface area contributed by atoms with Gasteiger partial charge < -0.3 is 5.32 Å². The van der Waals surface area contributed by atoms with Crippen LogP contribution in [0, 0.1) is 0 Å². The summed E-state index contributed by atoms with van der Waals surface area (Å²) in [5, 5.41) is 5.77. The molecule has 0 atom stereocenters. The fourth-order valence-electron chi connectivity index (χ4n) is 0.982. The Morgan fingerprint density at radius 2 is 2.47 bits per heavy atom. The van der Waals surface area contributed by atoms with E-state index in [-0.39, 0.29) is 5.91 Å². The monoisotopic (exact) mass is 222 g/mol. The van der Waals surface area contributed by atoms with Crippen molar-refractivity contribution in [3.63, 3.8) is 0 Å². The Morgan fingerprint density at radius 3 is 3.13 bits per heavy atom. The number of aromatic nitrogens is 1. The van der Waals surface area contributed by atoms with Crippen molar-refractivity contribution in [1.29, 1.82) is 0 Å². The molecule has 15 heavy (non-hydrogen) atoms. The highest BCUT2D eigenvalue weighted by Crippen LogP contribution is 2.03. The van der Waals surface area contributed by atoms with Crippen LogP contribution < -0.4 is 5.32 Å². The van der Waals surface area contributed by atoms with Crippen LogP contribution in [0.25, 0.3) is 0 Å². The van der Waals surface area contributed by atoms with Crippen LogP contribution in [0.3, 0.4) is 0 Å². The number of hydrogen-bond donors (Lipinski definition) is 1. The van der Waals surface area contributed by atoms with E-state index in [9.17, 15) is 4.79 Å². The number of carbonyl (C=O) groups is 1. The van der Waals surface area contributed by atoms with E-state index in [1.54, 1.807) is 23.6 Å². The van der Waals surface area contributed by atoms with Gasteiger partial charge in [0.2, 0.25) is 5.91 Å². The summed E-state index contributed by atoms with van der Waals surface area (Å²) in [5.41, 5.74) is 0. The lowest BCUT2D eigenvalue weighted by Gasteiger charge is -1.98. The molecule has 1 heterocycles. The minimum atomic E-state index is -0.0651. The summed E-state index contributed by atoms with van der Waals surface area (Å²) in [4.78, 5) is 15.3. The third-order valence-electron chi connectivity index (χ3n) is 1.67. The molecule has 1 rings (SSSR count). The van der Waals surface area contributed by atoms with Gasteiger partial charge in [-0.05, 0) is 6.92 Å². The zero-order valence-corrected chi connectivity index (χ0v) is 9.46. The van der Waals surface area contributed by atoms with Gasteiger partial charge in [-0.1, -0.05) is 18.2 Å². The molecule has 4 heteroatoms. The molecule has 1 N–H and O–H groups in total. The molecule has 3 nitrogen and oxygen atoms in total. The predicted octanol–water partition coefficient (Wildman–Crippen LogP) is 1.93. The van der Waals surface area contributed by atoms with Gasteiger partial charge in [0.05, 0.1) is 5.01 Å². The average Bonchev–Trinajstić information content (AvgIpc) is 2.71. The molecular weight excluding hydrogens is 208 g/mol. The van der Waals surface area contributed by atoms with E-state index >= 15 is 0 Å². The Morgan fingerprint density at radius 1 is 1.60 bits per heavy atom. The van der Waals surface area contributed by atoms with Crippen LogP contribution in [0.4, 0.5) is 0 Å². The zero-order chi connectivity index (χ0) is 10.9. The fraction of sp³-hybridized carbons (Fsp3) is 0.273. The lowest BCUT2D eigenvalue weighted by molar-refractivity contribution is -0.116. The maximum absolute atomic E-state index is 11.2. The van der Waals surface area contributed by atoms with Gasteiger partial charge in [-0.3, -0.25) is 4.79 Å². The van der Waals surface area contributed by atoms with Crippen LogP contribution in [-0.2, 0) is 11.2 Å². The molecule has 0 unspecified atom stereocenters. The summed E-state index contributed by atoms with van der Waals surface area (Å²) >= 11 is 1.60. The summed E-state index contributed by atoms with van der Waals surface area (Å²) in [6.07, 6.45) is 9.50. The number of amides is 1. The number of thiazole rings is 1. The van der Waals surface area contributed by atoms with Crippen LogP contribution in [0.1, 0.15) is 11.9 Å². The molecule has 0 radical (unpaired) electrons. The maximum Gasteiger partial charge on any atom is 0.243 e. The van der Waals surface area contributed by atoms with E-state index in [2.05, 4.69) is 10.3 Å². The smallest absolute Gasteiger partial charge is 0.243 e. The van der Waals surface area contributed by atoms with E-state index in [1.807, 2.05) is 24.5 Å². The minimum absolute atomic E-state index is 0.0651. The second-order valence-electron chi connectivity index (χ2n) is 2.85. The van der Waals surface area contributed by atoms with Gasteiger partial charge in [-0.25, -0.2) is 4.98 Å². The van der Waals surface area contributed by atoms with Crippen LogP contribution >= 0.6 is 11.3 Å². The molecule has 0 aliphatic carbocycles. The minimum Gasteiger partial charge on any atom is -0.352 e. The van der Waals surface area contributed by atoms with Crippen molar-refractivity contribution in [1.82, 2.24) is 10.3 Å². The highest BCUT2D eigenvalue weighted by atomic mass is 32.1. The number of nitrogens with one attached hydrogen (secondary N) is 1. The largest absolute Gasteiger partial charge is 0.352 e. The van der Waals surface area contributed by atoms with E-state index < -0.39 is 0 Å². The molecule has 0 aliphatic heterocycles. The molecular formula is C11H14N2OS. The molecule has 0 saturated heterocycles. The number of rotatable bonds is 5. The predicted molar refractivity (Wildman–Crippen MR) is 62.8 cm³/mol. The third kappa shape index (κ3) is 5.12. The molecule has 1 amide bonds. The molecule has 0 aliphatic rings. The topological polar surface area (TPSA) is 42.0 Å². The SMILES string of the molecule is C/C=C/C=C/C(=O)NCCc1nccs1. The fourth-order valence-corrected chi connectivity index (χ4v) is 1.60. The first-order valence-corrected chi connectivity index (χ1v) is 5.66. The Balaban J connectivity index is 2.17. The van der Waals surface area contributed by atoms with Gasteiger partial charge in [0.15, 0.2) is 0 Å². The second-order valence-corrected chi connectivity index (χ2v) is 3.83. The number of nitrogens with zero attached hydrogens (tertiary/aromatic N) is 1. The molecule has 0 spiro atoms. The normalized spacial score (nSPS) is 11.3. The second kappa shape index (κ2) is 6.95. The van der Waals surface area contributed by atoms with Crippen molar-refractivity contribution >= 4 is 17.2 Å². The summed E-state index contributed by atoms with van der Waals surface area (Å²) in [7, 11) is 0. The molecule has 0 bridgehead atoms. The van der Waals surface area contributed by atoms with Gasteiger partial charge in [0.1, 0.15) is 0 Å². The van der Waals surface area contributed by atoms with Crippen molar-refractivity contribution < 1.29 is 4.79 Å². The van der Waals surface area contributed by atoms with Crippen LogP contribution in [0.15, 0.2) is 35.9 Å². The van der Waals surface area contributed by atoms with Crippen molar-refractivity contribution in [2.75, 3.05) is 6.54 Å². The Kier molecular flexibility index (Phi) is 5.40. The molecule has 1 aromatic rings. The van der Waals surface area contributed by atoms with E-state index in [4.69, 9.17) is 0 Å². The van der Waals surface area contributed by atoms with Crippen LogP contribution in [-0.4, -0.2) is 17.4 Å². The van der Waals surface area contributed by atoms with Crippen molar-refractivity contribution in [3.8, 4) is 0 Å². The maximum atomic E-state index is 11.2. The average molecular weight is 222 g/mol. The third-order valence-corrected chi connectivity index (χ3v) is 2.51. The summed E-state index contributed by atoms with van der Waals surface area (Å²) in [6.45, 7) is 2.54. The van der Waals surface area contributed by atoms with Gasteiger partial charge in [0.25, 0.3) is 0 Å². The molecule has 0 saturated carbocycles. The van der Waals surface area contributed by atoms with E-state index in [0.29, 0.717) is 6.54 Å². The Labute approximate surface area is 93.5 Å². The number of allylic oxidation sites excluding steroid dienone is 3. The van der Waals surface area contributed by atoms with E-state index in [1.165, 1.54) is 6.08 Å². The van der Waals surface area contributed by atoms with Crippen molar-refractivity contribution in [2.24, 2.45) is 0 Å². The molecule has 80 valence electrons. The molecule has 1 aromatic heterocycles. The van der Waals surface area contributed by atoms with Gasteiger partial charge in [-0.2, -0.15) is 0 Å². The highest BCUT2D eigenvalue weighted by Gasteiger charge is 1.96. The van der Waals surface area contributed by atoms with Crippen LogP contribution in [0.2, 0.25) is 0 Å². The first-order chi connectivity index (χ1) is 7.33. The highest BCUT2D eigenvalue weighted by molar-refractivity contribution is 7.09. The van der Waals surface area contributed by atoms with Gasteiger partial charge in [-0.15, -0.1) is 11.3 Å². The lowest BCUT2D eigenvalue weighted by Crippen LogP contribution is -2.23. The number of hydrogen-bond acceptors (Lipinski definition) is 3. The summed E-state index contributed by atoms with van der Waals surface area (Å²) in [5.74, 6) is -0.0651. The van der Waals surface area contributed by atoms with Gasteiger partial charge >= 0.3 is 0 Å². The summed E-state index contributed by atoms with van der Waals surface area (Å²) < 4.78 is 0. The van der Waals surface area contributed by atoms with E-state index in [0.717, 1.165) is 11.4 Å². The first kappa shape index (κ1) is 11.7. The standard InChI is InChI=1S/C11H14N2OS/c1-2-3-4-5-10(14)12-7-6-11-13-8-9-15-11/h2-5,8-9H,6-7H2,1H3,(H,12,14)/b3-2+,5-4+. The molecule has 0 aromatic carbocycles. The van der Waals surface area contributed by atoms with Crippen molar-refractivity contribution in [2.45, 2.75) is 13.3 Å². The Hall–Kier alpha value is -1.42. The van der Waals surface area contributed by atoms with Gasteiger partial charge in [0, 0.05) is 30.6 Å². The summed E-state index contributed by atoms with van der Waals surface area (Å²) in [6, 6.07) is 0. The number of carbonyl (C=O) groups excluding carboxylic acids is 1. The molecule has 0 fully saturated rings. The first-order valence-electron chi connectivity index (χ1n) is 4.78. The Bertz CT molecular complexity index is 341. The lowest BCUT2D eigenvalue weighted by atomic mass is 10.4. The quantitative estimate of drug-likeness (QED) is 0.611. The van der Waals surface area contributed by atoms with Crippen LogP contribution in [0.5, 0.6) is 0 Å². The zero-order valence-electron chi connectivity index (χ0n) is 8.64.